The Hall–Kier alpha value is -1.26. The van der Waals surface area contributed by atoms with Gasteiger partial charge < -0.3 is 5.32 Å². The molecule has 0 bridgehead atoms. The average Bonchev–Trinajstić information content (AvgIpc) is 2.77. The zero-order valence-electron chi connectivity index (χ0n) is 10.2. The maximum Gasteiger partial charge on any atom is 0.109 e. The summed E-state index contributed by atoms with van der Waals surface area (Å²) in [5, 5.41) is 4.64. The van der Waals surface area contributed by atoms with Crippen LogP contribution in [0.2, 0.25) is 0 Å². The van der Waals surface area contributed by atoms with Gasteiger partial charge in [-0.1, -0.05) is 6.07 Å². The fourth-order valence-corrected chi connectivity index (χ4v) is 2.44. The van der Waals surface area contributed by atoms with E-state index in [1.807, 2.05) is 18.5 Å². The maximum atomic E-state index is 4.39. The molecule has 1 N–H and O–H groups in total. The van der Waals surface area contributed by atoms with E-state index in [2.05, 4.69) is 35.2 Å². The van der Waals surface area contributed by atoms with Gasteiger partial charge in [0, 0.05) is 23.5 Å². The van der Waals surface area contributed by atoms with Crippen LogP contribution in [-0.4, -0.2) is 16.5 Å². The lowest BCUT2D eigenvalue weighted by molar-refractivity contribution is 0.574. The molecule has 0 aliphatic rings. The van der Waals surface area contributed by atoms with E-state index in [0.717, 1.165) is 18.0 Å². The van der Waals surface area contributed by atoms with Crippen molar-refractivity contribution in [2.45, 2.75) is 26.3 Å². The molecule has 90 valence electrons. The van der Waals surface area contributed by atoms with Crippen molar-refractivity contribution in [3.8, 4) is 0 Å². The monoisotopic (exact) mass is 247 g/mol. The molecule has 2 aromatic heterocycles. The maximum absolute atomic E-state index is 4.39. The SMILES string of the molecule is Cc1cnc(C(C)NCCc2cccnc2)s1. The lowest BCUT2D eigenvalue weighted by Gasteiger charge is -2.10. The zero-order chi connectivity index (χ0) is 12.1. The van der Waals surface area contributed by atoms with Crippen LogP contribution in [-0.2, 0) is 6.42 Å². The molecule has 0 aliphatic heterocycles. The lowest BCUT2D eigenvalue weighted by atomic mass is 10.2. The molecular formula is C13H17N3S. The summed E-state index contributed by atoms with van der Waals surface area (Å²) < 4.78 is 0. The molecule has 17 heavy (non-hydrogen) atoms. The standard InChI is InChI=1S/C13H17N3S/c1-10-8-16-13(17-10)11(2)15-7-5-12-4-3-6-14-9-12/h3-4,6,8-9,11,15H,5,7H2,1-2H3. The van der Waals surface area contributed by atoms with E-state index in [1.54, 1.807) is 17.5 Å². The number of nitrogens with one attached hydrogen (secondary N) is 1. The summed E-state index contributed by atoms with van der Waals surface area (Å²) in [6.45, 7) is 5.19. The average molecular weight is 247 g/mol. The fourth-order valence-electron chi connectivity index (χ4n) is 1.64. The largest absolute Gasteiger partial charge is 0.308 e. The molecule has 2 aromatic rings. The van der Waals surface area contributed by atoms with Gasteiger partial charge in [-0.2, -0.15) is 0 Å². The highest BCUT2D eigenvalue weighted by atomic mass is 32.1. The first-order valence-corrected chi connectivity index (χ1v) is 6.62. The Kier molecular flexibility index (Phi) is 4.23. The van der Waals surface area contributed by atoms with Gasteiger partial charge in [0.25, 0.3) is 0 Å². The molecule has 0 spiro atoms. The number of thiazole rings is 1. The van der Waals surface area contributed by atoms with Gasteiger partial charge in [0.05, 0.1) is 6.04 Å². The number of aromatic nitrogens is 2. The van der Waals surface area contributed by atoms with Crippen molar-refractivity contribution in [2.75, 3.05) is 6.54 Å². The van der Waals surface area contributed by atoms with Crippen molar-refractivity contribution in [3.63, 3.8) is 0 Å². The zero-order valence-corrected chi connectivity index (χ0v) is 11.0. The predicted octanol–water partition coefficient (Wildman–Crippen LogP) is 2.74. The third-order valence-corrected chi connectivity index (χ3v) is 3.69. The summed E-state index contributed by atoms with van der Waals surface area (Å²) >= 11 is 1.76. The third kappa shape index (κ3) is 3.61. The molecular weight excluding hydrogens is 230 g/mol. The summed E-state index contributed by atoms with van der Waals surface area (Å²) in [6, 6.07) is 4.40. The normalized spacial score (nSPS) is 12.6. The summed E-state index contributed by atoms with van der Waals surface area (Å²) in [4.78, 5) is 9.76. The van der Waals surface area contributed by atoms with Crippen LogP contribution in [0.3, 0.4) is 0 Å². The lowest BCUT2D eigenvalue weighted by Crippen LogP contribution is -2.21. The van der Waals surface area contributed by atoms with Gasteiger partial charge in [-0.05, 0) is 38.4 Å². The number of hydrogen-bond acceptors (Lipinski definition) is 4. The molecule has 0 aliphatic carbocycles. The van der Waals surface area contributed by atoms with Crippen LogP contribution in [0.1, 0.15) is 28.4 Å². The van der Waals surface area contributed by atoms with E-state index in [9.17, 15) is 0 Å². The first-order chi connectivity index (χ1) is 8.25. The third-order valence-electron chi connectivity index (χ3n) is 2.60. The Labute approximate surface area is 106 Å². The number of nitrogens with zero attached hydrogens (tertiary/aromatic N) is 2. The van der Waals surface area contributed by atoms with Crippen LogP contribution in [0.5, 0.6) is 0 Å². The number of pyridine rings is 1. The topological polar surface area (TPSA) is 37.8 Å². The first kappa shape index (κ1) is 12.2. The van der Waals surface area contributed by atoms with Crippen LogP contribution in [0.25, 0.3) is 0 Å². The highest BCUT2D eigenvalue weighted by molar-refractivity contribution is 7.11. The quantitative estimate of drug-likeness (QED) is 0.883. The van der Waals surface area contributed by atoms with E-state index in [4.69, 9.17) is 0 Å². The molecule has 0 fully saturated rings. The van der Waals surface area contributed by atoms with Crippen molar-refractivity contribution < 1.29 is 0 Å². The van der Waals surface area contributed by atoms with Crippen LogP contribution < -0.4 is 5.32 Å². The van der Waals surface area contributed by atoms with Crippen LogP contribution in [0.4, 0.5) is 0 Å². The van der Waals surface area contributed by atoms with Crippen molar-refractivity contribution in [2.24, 2.45) is 0 Å². The molecule has 3 nitrogen and oxygen atoms in total. The number of aryl methyl sites for hydroxylation is 1. The molecule has 1 atom stereocenters. The van der Waals surface area contributed by atoms with E-state index >= 15 is 0 Å². The van der Waals surface area contributed by atoms with E-state index in [-0.39, 0.29) is 0 Å². The van der Waals surface area contributed by atoms with Crippen molar-refractivity contribution in [3.05, 3.63) is 46.2 Å². The van der Waals surface area contributed by atoms with Gasteiger partial charge >= 0.3 is 0 Å². The minimum atomic E-state index is 0.324. The van der Waals surface area contributed by atoms with Crippen molar-refractivity contribution in [1.29, 1.82) is 0 Å². The Bertz CT molecular complexity index is 453. The minimum Gasteiger partial charge on any atom is -0.308 e. The number of rotatable bonds is 5. The molecule has 1 unspecified atom stereocenters. The highest BCUT2D eigenvalue weighted by Gasteiger charge is 2.07. The second kappa shape index (κ2) is 5.89. The smallest absolute Gasteiger partial charge is 0.109 e. The van der Waals surface area contributed by atoms with Gasteiger partial charge in [-0.25, -0.2) is 4.98 Å². The molecule has 2 heterocycles. The molecule has 0 saturated heterocycles. The van der Waals surface area contributed by atoms with Crippen LogP contribution in [0, 0.1) is 6.92 Å². The summed E-state index contributed by atoms with van der Waals surface area (Å²) in [5.41, 5.74) is 1.27. The predicted molar refractivity (Wildman–Crippen MR) is 71.2 cm³/mol. The molecule has 0 radical (unpaired) electrons. The summed E-state index contributed by atoms with van der Waals surface area (Å²) in [5.74, 6) is 0. The Morgan fingerprint density at radius 2 is 2.29 bits per heavy atom. The molecule has 4 heteroatoms. The van der Waals surface area contributed by atoms with E-state index < -0.39 is 0 Å². The summed E-state index contributed by atoms with van der Waals surface area (Å²) in [6.07, 6.45) is 6.65. The van der Waals surface area contributed by atoms with Gasteiger partial charge in [-0.3, -0.25) is 4.98 Å². The Morgan fingerprint density at radius 3 is 2.94 bits per heavy atom. The van der Waals surface area contributed by atoms with Gasteiger partial charge in [0.15, 0.2) is 0 Å². The molecule has 0 saturated carbocycles. The Balaban J connectivity index is 1.79. The van der Waals surface area contributed by atoms with Crippen LogP contribution >= 0.6 is 11.3 Å². The number of hydrogen-bond donors (Lipinski definition) is 1. The van der Waals surface area contributed by atoms with Gasteiger partial charge in [0.1, 0.15) is 5.01 Å². The minimum absolute atomic E-state index is 0.324. The van der Waals surface area contributed by atoms with Gasteiger partial charge in [0.2, 0.25) is 0 Å². The van der Waals surface area contributed by atoms with E-state index in [0.29, 0.717) is 6.04 Å². The molecule has 0 amide bonds. The second-order valence-corrected chi connectivity index (χ2v) is 5.36. The molecule has 0 aromatic carbocycles. The molecule has 2 rings (SSSR count). The first-order valence-electron chi connectivity index (χ1n) is 5.80. The second-order valence-electron chi connectivity index (χ2n) is 4.10. The van der Waals surface area contributed by atoms with Gasteiger partial charge in [-0.15, -0.1) is 11.3 Å². The summed E-state index contributed by atoms with van der Waals surface area (Å²) in [7, 11) is 0. The van der Waals surface area contributed by atoms with Crippen molar-refractivity contribution >= 4 is 11.3 Å². The van der Waals surface area contributed by atoms with E-state index in [1.165, 1.54) is 10.4 Å². The highest BCUT2D eigenvalue weighted by Crippen LogP contribution is 2.18. The van der Waals surface area contributed by atoms with Crippen molar-refractivity contribution in [1.82, 2.24) is 15.3 Å². The fraction of sp³-hybridized carbons (Fsp3) is 0.385. The Morgan fingerprint density at radius 1 is 1.41 bits per heavy atom. The van der Waals surface area contributed by atoms with Crippen LogP contribution in [0.15, 0.2) is 30.7 Å².